The van der Waals surface area contributed by atoms with E-state index in [2.05, 4.69) is 22.3 Å². The third-order valence-electron chi connectivity index (χ3n) is 7.56. The van der Waals surface area contributed by atoms with Crippen molar-refractivity contribution >= 4 is 22.8 Å². The minimum absolute atomic E-state index is 0.183. The van der Waals surface area contributed by atoms with Crippen molar-refractivity contribution in [3.05, 3.63) is 34.2 Å². The first kappa shape index (κ1) is 22.3. The summed E-state index contributed by atoms with van der Waals surface area (Å²) in [5.41, 5.74) is 8.52. The number of nitrogens with two attached hydrogens (primary N) is 1. The lowest BCUT2D eigenvalue weighted by Gasteiger charge is -2.36. The molecule has 9 heteroatoms. The number of hydrogen-bond acceptors (Lipinski definition) is 6. The second-order valence-electron chi connectivity index (χ2n) is 9.79. The summed E-state index contributed by atoms with van der Waals surface area (Å²) in [7, 11) is 1.75. The number of piperidine rings is 2. The van der Waals surface area contributed by atoms with Crippen molar-refractivity contribution in [1.82, 2.24) is 19.4 Å². The Morgan fingerprint density at radius 2 is 1.85 bits per heavy atom. The molecule has 3 aliphatic rings. The monoisotopic (exact) mass is 455 g/mol. The van der Waals surface area contributed by atoms with Crippen LogP contribution in [0.1, 0.15) is 56.0 Å². The predicted octanol–water partition coefficient (Wildman–Crippen LogP) is 1.00. The molecule has 2 amide bonds. The number of ether oxygens (including phenoxy) is 1. The zero-order valence-electron chi connectivity index (χ0n) is 19.2. The molecular weight excluding hydrogens is 422 g/mol. The summed E-state index contributed by atoms with van der Waals surface area (Å²) in [6, 6.07) is 5.69. The number of rotatable bonds is 4. The highest BCUT2D eigenvalue weighted by Crippen LogP contribution is 2.31. The summed E-state index contributed by atoms with van der Waals surface area (Å²) in [6.45, 7) is 3.70. The van der Waals surface area contributed by atoms with E-state index < -0.39 is 11.9 Å². The molecule has 3 fully saturated rings. The average molecular weight is 456 g/mol. The maximum absolute atomic E-state index is 13.0. The fourth-order valence-corrected chi connectivity index (χ4v) is 5.57. The van der Waals surface area contributed by atoms with Crippen LogP contribution in [0.2, 0.25) is 0 Å². The molecule has 3 saturated heterocycles. The van der Waals surface area contributed by atoms with Gasteiger partial charge >= 0.3 is 5.69 Å². The molecule has 4 heterocycles. The van der Waals surface area contributed by atoms with E-state index in [9.17, 15) is 14.4 Å². The molecule has 1 aromatic heterocycles. The number of nitrogens with zero attached hydrogens (tertiary/aromatic N) is 3. The Morgan fingerprint density at radius 1 is 1.06 bits per heavy atom. The first-order valence-electron chi connectivity index (χ1n) is 12.0. The fourth-order valence-electron chi connectivity index (χ4n) is 5.57. The smallest absolute Gasteiger partial charge is 0.329 e. The van der Waals surface area contributed by atoms with Crippen molar-refractivity contribution in [2.75, 3.05) is 26.2 Å². The van der Waals surface area contributed by atoms with Crippen LogP contribution >= 0.6 is 0 Å². The molecule has 3 unspecified atom stereocenters. The Morgan fingerprint density at radius 3 is 2.55 bits per heavy atom. The zero-order chi connectivity index (χ0) is 23.1. The summed E-state index contributed by atoms with van der Waals surface area (Å²) >= 11 is 0. The van der Waals surface area contributed by atoms with Crippen LogP contribution in [0.25, 0.3) is 11.0 Å². The SMILES string of the molecule is Cn1c(=O)n(C2CCC(=O)NC2=O)c2ccc(C3CCN(CC4CCC(N)CO4)CC3)cc21. The van der Waals surface area contributed by atoms with Crippen molar-refractivity contribution < 1.29 is 14.3 Å². The first-order valence-corrected chi connectivity index (χ1v) is 12.0. The van der Waals surface area contributed by atoms with E-state index in [0.29, 0.717) is 25.0 Å². The second kappa shape index (κ2) is 9.04. The largest absolute Gasteiger partial charge is 0.375 e. The number of carbonyl (C=O) groups is 2. The van der Waals surface area contributed by atoms with Crippen molar-refractivity contribution in [1.29, 1.82) is 0 Å². The van der Waals surface area contributed by atoms with Gasteiger partial charge in [-0.3, -0.25) is 24.0 Å². The number of likely N-dealkylation sites (tertiary alicyclic amines) is 1. The molecule has 0 saturated carbocycles. The number of hydrogen-bond donors (Lipinski definition) is 2. The number of nitrogens with one attached hydrogen (secondary N) is 1. The van der Waals surface area contributed by atoms with Crippen LogP contribution in [0.5, 0.6) is 0 Å². The number of aryl methyl sites for hydroxylation is 1. The van der Waals surface area contributed by atoms with Gasteiger partial charge in [0.05, 0.1) is 23.7 Å². The van der Waals surface area contributed by atoms with Gasteiger partial charge < -0.3 is 15.4 Å². The third-order valence-corrected chi connectivity index (χ3v) is 7.56. The standard InChI is InChI=1S/C24H33N5O4/c1-27-21-12-16(15-8-10-28(11-9-15)13-18-4-3-17(25)14-33-18)2-5-19(21)29(24(27)32)20-6-7-22(30)26-23(20)31/h2,5,12,15,17-18,20H,3-4,6-11,13-14,25H2,1H3,(H,26,30,31). The number of carbonyl (C=O) groups excluding carboxylic acids is 2. The van der Waals surface area contributed by atoms with Crippen LogP contribution in [-0.4, -0.2) is 64.2 Å². The zero-order valence-corrected chi connectivity index (χ0v) is 19.2. The molecule has 0 bridgehead atoms. The third kappa shape index (κ3) is 4.37. The number of amides is 2. The van der Waals surface area contributed by atoms with E-state index in [0.717, 1.165) is 56.4 Å². The first-order chi connectivity index (χ1) is 15.9. The summed E-state index contributed by atoms with van der Waals surface area (Å²) < 4.78 is 9.05. The molecule has 3 atom stereocenters. The van der Waals surface area contributed by atoms with Crippen LogP contribution < -0.4 is 16.7 Å². The summed E-state index contributed by atoms with van der Waals surface area (Å²) in [6.07, 6.45) is 5.10. The van der Waals surface area contributed by atoms with Crippen LogP contribution in [0.15, 0.2) is 23.0 Å². The Hall–Kier alpha value is -2.49. The number of aromatic nitrogens is 2. The number of fused-ring (bicyclic) bond motifs is 1. The molecule has 3 N–H and O–H groups in total. The van der Waals surface area contributed by atoms with Gasteiger partial charge in [-0.25, -0.2) is 4.79 Å². The highest BCUT2D eigenvalue weighted by atomic mass is 16.5. The Balaban J connectivity index is 1.29. The van der Waals surface area contributed by atoms with Crippen molar-refractivity contribution in [3.8, 4) is 0 Å². The molecule has 0 spiro atoms. The molecule has 5 rings (SSSR count). The topological polar surface area (TPSA) is 112 Å². The number of imidazole rings is 1. The number of imide groups is 1. The van der Waals surface area contributed by atoms with Gasteiger partial charge in [0.15, 0.2) is 0 Å². The normalized spacial score (nSPS) is 27.8. The van der Waals surface area contributed by atoms with Crippen LogP contribution in [0, 0.1) is 0 Å². The van der Waals surface area contributed by atoms with Gasteiger partial charge in [-0.1, -0.05) is 6.07 Å². The van der Waals surface area contributed by atoms with Gasteiger partial charge in [0.1, 0.15) is 6.04 Å². The minimum Gasteiger partial charge on any atom is -0.375 e. The molecule has 0 aliphatic carbocycles. The van der Waals surface area contributed by atoms with Gasteiger partial charge in [-0.05, 0) is 68.8 Å². The van der Waals surface area contributed by atoms with Gasteiger partial charge in [0, 0.05) is 26.1 Å². The Kier molecular flexibility index (Phi) is 6.11. The van der Waals surface area contributed by atoms with Crippen molar-refractivity contribution in [2.24, 2.45) is 12.8 Å². The van der Waals surface area contributed by atoms with Gasteiger partial charge in [0.2, 0.25) is 11.8 Å². The van der Waals surface area contributed by atoms with Gasteiger partial charge in [-0.15, -0.1) is 0 Å². The van der Waals surface area contributed by atoms with Crippen molar-refractivity contribution in [3.63, 3.8) is 0 Å². The number of benzene rings is 1. The summed E-state index contributed by atoms with van der Waals surface area (Å²) in [5, 5.41) is 2.36. The molecule has 2 aromatic rings. The molecule has 1 aromatic carbocycles. The van der Waals surface area contributed by atoms with Gasteiger partial charge in [0.25, 0.3) is 0 Å². The van der Waals surface area contributed by atoms with E-state index in [1.807, 2.05) is 6.07 Å². The lowest BCUT2D eigenvalue weighted by atomic mass is 9.89. The molecular formula is C24H33N5O4. The van der Waals surface area contributed by atoms with E-state index in [4.69, 9.17) is 10.5 Å². The Bertz CT molecular complexity index is 1110. The van der Waals surface area contributed by atoms with E-state index in [1.54, 1.807) is 16.2 Å². The molecule has 33 heavy (non-hydrogen) atoms. The molecule has 9 nitrogen and oxygen atoms in total. The van der Waals surface area contributed by atoms with E-state index in [-0.39, 0.29) is 24.1 Å². The minimum atomic E-state index is -0.649. The fraction of sp³-hybridized carbons (Fsp3) is 0.625. The quantitative estimate of drug-likeness (QED) is 0.666. The maximum Gasteiger partial charge on any atom is 0.329 e. The van der Waals surface area contributed by atoms with Gasteiger partial charge in [-0.2, -0.15) is 0 Å². The lowest BCUT2D eigenvalue weighted by Crippen LogP contribution is -2.44. The highest BCUT2D eigenvalue weighted by molar-refractivity contribution is 6.00. The summed E-state index contributed by atoms with van der Waals surface area (Å²) in [5.74, 6) is -0.238. The van der Waals surface area contributed by atoms with Crippen LogP contribution in [0.4, 0.5) is 0 Å². The van der Waals surface area contributed by atoms with E-state index >= 15 is 0 Å². The summed E-state index contributed by atoms with van der Waals surface area (Å²) in [4.78, 5) is 39.4. The van der Waals surface area contributed by atoms with Crippen molar-refractivity contribution in [2.45, 2.75) is 62.6 Å². The van der Waals surface area contributed by atoms with Crippen LogP contribution in [0.3, 0.4) is 0 Å². The molecule has 178 valence electrons. The highest BCUT2D eigenvalue weighted by Gasteiger charge is 2.32. The van der Waals surface area contributed by atoms with Crippen LogP contribution in [-0.2, 0) is 21.4 Å². The second-order valence-corrected chi connectivity index (χ2v) is 9.79. The lowest BCUT2D eigenvalue weighted by molar-refractivity contribution is -0.135. The Labute approximate surface area is 192 Å². The molecule has 0 radical (unpaired) electrons. The van der Waals surface area contributed by atoms with E-state index in [1.165, 1.54) is 5.56 Å². The predicted molar refractivity (Wildman–Crippen MR) is 124 cm³/mol. The maximum atomic E-state index is 13.0. The average Bonchev–Trinajstić information content (AvgIpc) is 3.06. The molecule has 3 aliphatic heterocycles.